The van der Waals surface area contributed by atoms with Crippen LogP contribution >= 0.6 is 0 Å². The average molecular weight is 294 g/mol. The SMILES string of the molecule is CCCNc1nc(C(C)C)nc(NCC(C)CCO)c1C. The van der Waals surface area contributed by atoms with E-state index in [-0.39, 0.29) is 6.61 Å². The maximum atomic E-state index is 8.98. The van der Waals surface area contributed by atoms with E-state index in [1.54, 1.807) is 0 Å². The quantitative estimate of drug-likeness (QED) is 0.652. The Bertz CT molecular complexity index is 435. The van der Waals surface area contributed by atoms with E-state index < -0.39 is 0 Å². The highest BCUT2D eigenvalue weighted by atomic mass is 16.3. The van der Waals surface area contributed by atoms with Gasteiger partial charge in [-0.3, -0.25) is 0 Å². The van der Waals surface area contributed by atoms with Crippen LogP contribution in [0.2, 0.25) is 0 Å². The van der Waals surface area contributed by atoms with Crippen molar-refractivity contribution in [2.75, 3.05) is 30.3 Å². The normalized spacial score (nSPS) is 12.5. The zero-order chi connectivity index (χ0) is 15.8. The standard InChI is InChI=1S/C16H30N4O/c1-6-8-17-15-13(5)16(18-10-12(4)7-9-21)20-14(19-15)11(2)3/h11-12,21H,6-10H2,1-5H3,(H2,17,18,19,20). The Morgan fingerprint density at radius 2 is 1.71 bits per heavy atom. The zero-order valence-electron chi connectivity index (χ0n) is 14.0. The summed E-state index contributed by atoms with van der Waals surface area (Å²) in [6, 6.07) is 0. The van der Waals surface area contributed by atoms with Crippen molar-refractivity contribution in [3.63, 3.8) is 0 Å². The van der Waals surface area contributed by atoms with Gasteiger partial charge < -0.3 is 15.7 Å². The summed E-state index contributed by atoms with van der Waals surface area (Å²) in [5, 5.41) is 15.8. The summed E-state index contributed by atoms with van der Waals surface area (Å²) in [6.45, 7) is 12.5. The molecule has 1 rings (SSSR count). The number of anilines is 2. The molecule has 0 radical (unpaired) electrons. The fraction of sp³-hybridized carbons (Fsp3) is 0.750. The molecule has 120 valence electrons. The second kappa shape index (κ2) is 8.82. The maximum absolute atomic E-state index is 8.98. The Morgan fingerprint density at radius 3 is 2.24 bits per heavy atom. The summed E-state index contributed by atoms with van der Waals surface area (Å²) in [6.07, 6.45) is 1.87. The largest absolute Gasteiger partial charge is 0.396 e. The zero-order valence-corrected chi connectivity index (χ0v) is 14.0. The van der Waals surface area contributed by atoms with E-state index in [4.69, 9.17) is 5.11 Å². The van der Waals surface area contributed by atoms with Gasteiger partial charge in [-0.1, -0.05) is 27.7 Å². The minimum Gasteiger partial charge on any atom is -0.396 e. The smallest absolute Gasteiger partial charge is 0.135 e. The minimum absolute atomic E-state index is 0.228. The van der Waals surface area contributed by atoms with E-state index in [9.17, 15) is 0 Å². The lowest BCUT2D eigenvalue weighted by atomic mass is 10.1. The first-order valence-electron chi connectivity index (χ1n) is 7.96. The van der Waals surface area contributed by atoms with Gasteiger partial charge in [0.15, 0.2) is 0 Å². The highest BCUT2D eigenvalue weighted by molar-refractivity contribution is 5.57. The number of aliphatic hydroxyl groups is 1. The number of aromatic nitrogens is 2. The Labute approximate surface area is 128 Å². The van der Waals surface area contributed by atoms with Crippen LogP contribution in [0.1, 0.15) is 57.8 Å². The maximum Gasteiger partial charge on any atom is 0.135 e. The highest BCUT2D eigenvalue weighted by Crippen LogP contribution is 2.23. The molecule has 0 aliphatic rings. The number of rotatable bonds is 9. The Morgan fingerprint density at radius 1 is 1.10 bits per heavy atom. The Kier molecular flexibility index (Phi) is 7.43. The van der Waals surface area contributed by atoms with Gasteiger partial charge in [0.25, 0.3) is 0 Å². The van der Waals surface area contributed by atoms with Crippen LogP contribution in [-0.4, -0.2) is 34.8 Å². The van der Waals surface area contributed by atoms with Crippen LogP contribution in [0.15, 0.2) is 0 Å². The van der Waals surface area contributed by atoms with Crippen LogP contribution in [0.3, 0.4) is 0 Å². The van der Waals surface area contributed by atoms with Gasteiger partial charge in [0.2, 0.25) is 0 Å². The molecule has 0 bridgehead atoms. The fourth-order valence-corrected chi connectivity index (χ4v) is 1.97. The van der Waals surface area contributed by atoms with Crippen LogP contribution in [-0.2, 0) is 0 Å². The molecule has 0 aliphatic heterocycles. The lowest BCUT2D eigenvalue weighted by Gasteiger charge is -2.18. The molecule has 0 spiro atoms. The van der Waals surface area contributed by atoms with Crippen molar-refractivity contribution in [1.82, 2.24) is 9.97 Å². The van der Waals surface area contributed by atoms with Gasteiger partial charge >= 0.3 is 0 Å². The molecule has 1 aromatic rings. The number of hydrogen-bond donors (Lipinski definition) is 3. The number of aliphatic hydroxyl groups excluding tert-OH is 1. The summed E-state index contributed by atoms with van der Waals surface area (Å²) in [5.74, 6) is 3.39. The molecule has 5 heteroatoms. The molecule has 21 heavy (non-hydrogen) atoms. The van der Waals surface area contributed by atoms with Gasteiger partial charge in [0, 0.05) is 31.2 Å². The van der Waals surface area contributed by atoms with Crippen molar-refractivity contribution in [2.45, 2.75) is 53.4 Å². The Balaban J connectivity index is 2.91. The summed E-state index contributed by atoms with van der Waals surface area (Å²) in [5.41, 5.74) is 1.06. The van der Waals surface area contributed by atoms with Crippen molar-refractivity contribution >= 4 is 11.6 Å². The first-order valence-corrected chi connectivity index (χ1v) is 7.96. The Hall–Kier alpha value is -1.36. The molecule has 1 heterocycles. The molecule has 0 saturated carbocycles. The monoisotopic (exact) mass is 294 g/mol. The molecule has 0 aromatic carbocycles. The molecular formula is C16H30N4O. The van der Waals surface area contributed by atoms with Crippen LogP contribution in [0.25, 0.3) is 0 Å². The second-order valence-electron chi connectivity index (χ2n) is 5.98. The van der Waals surface area contributed by atoms with Gasteiger partial charge in [0.1, 0.15) is 17.5 Å². The van der Waals surface area contributed by atoms with Crippen LogP contribution in [0.5, 0.6) is 0 Å². The first-order chi connectivity index (χ1) is 9.99. The second-order valence-corrected chi connectivity index (χ2v) is 5.98. The van der Waals surface area contributed by atoms with Gasteiger partial charge in [-0.25, -0.2) is 9.97 Å². The summed E-state index contributed by atoms with van der Waals surface area (Å²) >= 11 is 0. The van der Waals surface area contributed by atoms with E-state index >= 15 is 0 Å². The molecule has 1 atom stereocenters. The van der Waals surface area contributed by atoms with Crippen molar-refractivity contribution in [3.05, 3.63) is 11.4 Å². The molecule has 0 fully saturated rings. The van der Waals surface area contributed by atoms with Crippen LogP contribution < -0.4 is 10.6 Å². The minimum atomic E-state index is 0.228. The van der Waals surface area contributed by atoms with E-state index in [1.807, 2.05) is 6.92 Å². The number of nitrogens with one attached hydrogen (secondary N) is 2. The fourth-order valence-electron chi connectivity index (χ4n) is 1.97. The number of hydrogen-bond acceptors (Lipinski definition) is 5. The highest BCUT2D eigenvalue weighted by Gasteiger charge is 2.13. The molecule has 0 aliphatic carbocycles. The molecular weight excluding hydrogens is 264 g/mol. The van der Waals surface area contributed by atoms with E-state index in [1.165, 1.54) is 0 Å². The van der Waals surface area contributed by atoms with Gasteiger partial charge in [-0.15, -0.1) is 0 Å². The van der Waals surface area contributed by atoms with E-state index in [2.05, 4.69) is 48.3 Å². The summed E-state index contributed by atoms with van der Waals surface area (Å²) in [4.78, 5) is 9.28. The van der Waals surface area contributed by atoms with Crippen molar-refractivity contribution in [3.8, 4) is 0 Å². The molecule has 0 saturated heterocycles. The van der Waals surface area contributed by atoms with Gasteiger partial charge in [-0.2, -0.15) is 0 Å². The first kappa shape index (κ1) is 17.7. The topological polar surface area (TPSA) is 70.1 Å². The van der Waals surface area contributed by atoms with Gasteiger partial charge in [-0.05, 0) is 25.7 Å². The van der Waals surface area contributed by atoms with Crippen molar-refractivity contribution in [1.29, 1.82) is 0 Å². The van der Waals surface area contributed by atoms with E-state index in [0.717, 1.165) is 49.0 Å². The third-order valence-corrected chi connectivity index (χ3v) is 3.46. The lowest BCUT2D eigenvalue weighted by molar-refractivity contribution is 0.266. The molecule has 1 aromatic heterocycles. The average Bonchev–Trinajstić information content (AvgIpc) is 2.45. The summed E-state index contributed by atoms with van der Waals surface area (Å²) in [7, 11) is 0. The van der Waals surface area contributed by atoms with Gasteiger partial charge in [0.05, 0.1) is 0 Å². The number of nitrogens with zero attached hydrogens (tertiary/aromatic N) is 2. The molecule has 0 amide bonds. The molecule has 3 N–H and O–H groups in total. The third kappa shape index (κ3) is 5.50. The van der Waals surface area contributed by atoms with Crippen molar-refractivity contribution < 1.29 is 5.11 Å². The van der Waals surface area contributed by atoms with Crippen LogP contribution in [0, 0.1) is 12.8 Å². The van der Waals surface area contributed by atoms with Crippen LogP contribution in [0.4, 0.5) is 11.6 Å². The predicted molar refractivity (Wildman–Crippen MR) is 89.0 cm³/mol. The molecule has 1 unspecified atom stereocenters. The van der Waals surface area contributed by atoms with Crippen molar-refractivity contribution in [2.24, 2.45) is 5.92 Å². The third-order valence-electron chi connectivity index (χ3n) is 3.46. The van der Waals surface area contributed by atoms with E-state index in [0.29, 0.717) is 11.8 Å². The molecule has 5 nitrogen and oxygen atoms in total. The lowest BCUT2D eigenvalue weighted by Crippen LogP contribution is -2.17. The summed E-state index contributed by atoms with van der Waals surface area (Å²) < 4.78 is 0. The predicted octanol–water partition coefficient (Wildman–Crippen LogP) is 3.16.